The van der Waals surface area contributed by atoms with Crippen LogP contribution < -0.4 is 10.5 Å². The van der Waals surface area contributed by atoms with Gasteiger partial charge in [0.25, 0.3) is 0 Å². The number of carbonyl (C=O) groups is 1. The van der Waals surface area contributed by atoms with Crippen LogP contribution in [-0.2, 0) is 11.2 Å². The Bertz CT molecular complexity index is 332. The Kier molecular flexibility index (Phi) is 4.99. The van der Waals surface area contributed by atoms with Crippen molar-refractivity contribution < 1.29 is 9.53 Å². The number of hydrogen-bond acceptors (Lipinski definition) is 3. The van der Waals surface area contributed by atoms with E-state index in [2.05, 4.69) is 6.92 Å². The van der Waals surface area contributed by atoms with Crippen molar-refractivity contribution in [2.45, 2.75) is 39.2 Å². The summed E-state index contributed by atoms with van der Waals surface area (Å²) in [5.41, 5.74) is 7.07. The maximum absolute atomic E-state index is 10.7. The molecule has 0 saturated carbocycles. The van der Waals surface area contributed by atoms with Crippen molar-refractivity contribution in [1.29, 1.82) is 0 Å². The highest BCUT2D eigenvalue weighted by atomic mass is 16.5. The number of nitrogens with two attached hydrogens (primary N) is 1. The van der Waals surface area contributed by atoms with Crippen molar-refractivity contribution in [3.8, 4) is 5.75 Å². The van der Waals surface area contributed by atoms with Crippen molar-refractivity contribution in [3.63, 3.8) is 0 Å². The molecule has 0 spiro atoms. The third kappa shape index (κ3) is 4.45. The van der Waals surface area contributed by atoms with Crippen LogP contribution in [0.3, 0.4) is 0 Å². The summed E-state index contributed by atoms with van der Waals surface area (Å²) in [4.78, 5) is 10.7. The molecule has 1 unspecified atom stereocenters. The highest BCUT2D eigenvalue weighted by molar-refractivity contribution is 5.69. The normalized spacial score (nSPS) is 12.2. The second kappa shape index (κ2) is 6.28. The first-order valence-corrected chi connectivity index (χ1v) is 5.64. The molecular weight excluding hydrogens is 202 g/mol. The van der Waals surface area contributed by atoms with Gasteiger partial charge < -0.3 is 10.5 Å². The van der Waals surface area contributed by atoms with Crippen LogP contribution in [0.1, 0.15) is 32.3 Å². The van der Waals surface area contributed by atoms with Crippen LogP contribution >= 0.6 is 0 Å². The molecule has 3 nitrogen and oxygen atoms in total. The van der Waals surface area contributed by atoms with Crippen LogP contribution in [0.15, 0.2) is 24.3 Å². The van der Waals surface area contributed by atoms with Gasteiger partial charge in [-0.05, 0) is 37.0 Å². The fraction of sp³-hybridized carbons (Fsp3) is 0.462. The van der Waals surface area contributed by atoms with Crippen LogP contribution in [0.4, 0.5) is 0 Å². The molecule has 1 aromatic rings. The van der Waals surface area contributed by atoms with E-state index < -0.39 is 0 Å². The van der Waals surface area contributed by atoms with E-state index >= 15 is 0 Å². The van der Waals surface area contributed by atoms with E-state index in [4.69, 9.17) is 10.5 Å². The highest BCUT2D eigenvalue weighted by Crippen LogP contribution is 2.14. The molecule has 88 valence electrons. The molecule has 16 heavy (non-hydrogen) atoms. The number of carbonyl (C=O) groups excluding carboxylic acids is 1. The molecule has 0 fully saturated rings. The Balaban J connectivity index is 2.48. The summed E-state index contributed by atoms with van der Waals surface area (Å²) in [6, 6.07) is 7.84. The maximum atomic E-state index is 10.7. The minimum absolute atomic E-state index is 0.271. The number of ether oxygens (including phenoxy) is 1. The van der Waals surface area contributed by atoms with E-state index in [1.54, 1.807) is 0 Å². The number of rotatable bonds is 5. The highest BCUT2D eigenvalue weighted by Gasteiger charge is 2.01. The predicted molar refractivity (Wildman–Crippen MR) is 64.3 cm³/mol. The summed E-state index contributed by atoms with van der Waals surface area (Å²) in [7, 11) is 0. The summed E-state index contributed by atoms with van der Waals surface area (Å²) in [6.07, 6.45) is 2.96. The van der Waals surface area contributed by atoms with Crippen molar-refractivity contribution in [1.82, 2.24) is 0 Å². The third-order valence-electron chi connectivity index (χ3n) is 2.51. The van der Waals surface area contributed by atoms with Gasteiger partial charge in [0.1, 0.15) is 5.75 Å². The molecule has 1 atom stereocenters. The average molecular weight is 221 g/mol. The molecule has 3 heteroatoms. The molecule has 0 saturated heterocycles. The summed E-state index contributed by atoms with van der Waals surface area (Å²) in [5.74, 6) is 0.303. The van der Waals surface area contributed by atoms with Crippen LogP contribution in [0, 0.1) is 0 Å². The molecule has 0 heterocycles. The zero-order valence-electron chi connectivity index (χ0n) is 9.90. The van der Waals surface area contributed by atoms with Crippen LogP contribution in [-0.4, -0.2) is 12.0 Å². The van der Waals surface area contributed by atoms with E-state index in [-0.39, 0.29) is 12.0 Å². The molecule has 0 amide bonds. The van der Waals surface area contributed by atoms with Gasteiger partial charge in [0.05, 0.1) is 0 Å². The molecule has 0 aliphatic carbocycles. The fourth-order valence-electron chi connectivity index (χ4n) is 1.45. The summed E-state index contributed by atoms with van der Waals surface area (Å²) in [5, 5.41) is 0. The predicted octanol–water partition coefficient (Wildman–Crippen LogP) is 2.28. The monoisotopic (exact) mass is 221 g/mol. The van der Waals surface area contributed by atoms with Crippen molar-refractivity contribution >= 4 is 5.97 Å². The number of aryl methyl sites for hydroxylation is 1. The van der Waals surface area contributed by atoms with E-state index in [1.807, 2.05) is 24.3 Å². The van der Waals surface area contributed by atoms with Gasteiger partial charge in [-0.2, -0.15) is 0 Å². The van der Waals surface area contributed by atoms with Crippen LogP contribution in [0.5, 0.6) is 5.75 Å². The second-order valence-corrected chi connectivity index (χ2v) is 3.94. The molecular formula is C13H19NO2. The lowest BCUT2D eigenvalue weighted by Crippen LogP contribution is -2.19. The lowest BCUT2D eigenvalue weighted by molar-refractivity contribution is -0.131. The smallest absolute Gasteiger partial charge is 0.308 e. The standard InChI is InChI=1S/C13H19NO2/c1-3-12(14)7-4-11-5-8-13(9-6-11)16-10(2)15/h5-6,8-9,12H,3-4,7,14H2,1-2H3. The molecule has 0 aliphatic heterocycles. The SMILES string of the molecule is CCC(N)CCc1ccc(OC(C)=O)cc1. The number of benzene rings is 1. The van der Waals surface area contributed by atoms with Crippen molar-refractivity contribution in [2.24, 2.45) is 5.73 Å². The van der Waals surface area contributed by atoms with E-state index in [9.17, 15) is 4.79 Å². The number of hydrogen-bond donors (Lipinski definition) is 1. The van der Waals surface area contributed by atoms with Gasteiger partial charge in [-0.15, -0.1) is 0 Å². The van der Waals surface area contributed by atoms with Gasteiger partial charge in [-0.1, -0.05) is 19.1 Å². The van der Waals surface area contributed by atoms with Gasteiger partial charge in [0.15, 0.2) is 0 Å². The van der Waals surface area contributed by atoms with Crippen molar-refractivity contribution in [2.75, 3.05) is 0 Å². The second-order valence-electron chi connectivity index (χ2n) is 3.94. The largest absolute Gasteiger partial charge is 0.427 e. The van der Waals surface area contributed by atoms with Gasteiger partial charge in [0, 0.05) is 13.0 Å². The first-order chi connectivity index (χ1) is 7.61. The van der Waals surface area contributed by atoms with E-state index in [1.165, 1.54) is 12.5 Å². The summed E-state index contributed by atoms with van der Waals surface area (Å²) < 4.78 is 4.95. The molecule has 2 N–H and O–H groups in total. The molecule has 1 aromatic carbocycles. The minimum Gasteiger partial charge on any atom is -0.427 e. The Hall–Kier alpha value is -1.35. The average Bonchev–Trinajstić information content (AvgIpc) is 2.27. The Labute approximate surface area is 96.6 Å². The summed E-state index contributed by atoms with van der Waals surface area (Å²) in [6.45, 7) is 3.49. The lowest BCUT2D eigenvalue weighted by atomic mass is 10.0. The van der Waals surface area contributed by atoms with Gasteiger partial charge in [0.2, 0.25) is 0 Å². The Morgan fingerprint density at radius 3 is 2.50 bits per heavy atom. The quantitative estimate of drug-likeness (QED) is 0.613. The third-order valence-corrected chi connectivity index (χ3v) is 2.51. The Morgan fingerprint density at radius 2 is 2.00 bits per heavy atom. The number of esters is 1. The van der Waals surface area contributed by atoms with Gasteiger partial charge >= 0.3 is 5.97 Å². The van der Waals surface area contributed by atoms with Gasteiger partial charge in [-0.3, -0.25) is 4.79 Å². The van der Waals surface area contributed by atoms with E-state index in [0.717, 1.165) is 19.3 Å². The van der Waals surface area contributed by atoms with Crippen LogP contribution in [0.25, 0.3) is 0 Å². The lowest BCUT2D eigenvalue weighted by Gasteiger charge is -2.08. The maximum Gasteiger partial charge on any atom is 0.308 e. The molecule has 0 aromatic heterocycles. The van der Waals surface area contributed by atoms with Gasteiger partial charge in [-0.25, -0.2) is 0 Å². The molecule has 0 bridgehead atoms. The topological polar surface area (TPSA) is 52.3 Å². The molecule has 0 aliphatic rings. The van der Waals surface area contributed by atoms with Crippen LogP contribution in [0.2, 0.25) is 0 Å². The first kappa shape index (κ1) is 12.7. The zero-order valence-corrected chi connectivity index (χ0v) is 9.90. The minimum atomic E-state index is -0.291. The van der Waals surface area contributed by atoms with Crippen molar-refractivity contribution in [3.05, 3.63) is 29.8 Å². The zero-order chi connectivity index (χ0) is 12.0. The first-order valence-electron chi connectivity index (χ1n) is 5.64. The fourth-order valence-corrected chi connectivity index (χ4v) is 1.45. The molecule has 0 radical (unpaired) electrons. The Morgan fingerprint density at radius 1 is 1.38 bits per heavy atom. The van der Waals surface area contributed by atoms with E-state index in [0.29, 0.717) is 5.75 Å². The summed E-state index contributed by atoms with van der Waals surface area (Å²) >= 11 is 0. The molecule has 1 rings (SSSR count).